The van der Waals surface area contributed by atoms with Crippen LogP contribution in [0.1, 0.15) is 55.6 Å². The van der Waals surface area contributed by atoms with Gasteiger partial charge in [0, 0.05) is 43.4 Å². The largest absolute Gasteiger partial charge is 0.463 e. The molecular formula is C24H32N2O7. The lowest BCUT2D eigenvalue weighted by atomic mass is 10.0. The number of likely N-dealkylation sites (tertiary alicyclic amines) is 1. The van der Waals surface area contributed by atoms with Gasteiger partial charge < -0.3 is 28.4 Å². The summed E-state index contributed by atoms with van der Waals surface area (Å²) in [6, 6.07) is 5.61. The van der Waals surface area contributed by atoms with E-state index in [9.17, 15) is 14.4 Å². The van der Waals surface area contributed by atoms with Gasteiger partial charge in [-0.3, -0.25) is 4.79 Å². The molecule has 1 aromatic heterocycles. The van der Waals surface area contributed by atoms with E-state index in [0.29, 0.717) is 36.9 Å². The van der Waals surface area contributed by atoms with Gasteiger partial charge in [0.15, 0.2) is 0 Å². The molecule has 9 nitrogen and oxygen atoms in total. The molecule has 9 heteroatoms. The first-order chi connectivity index (χ1) is 15.7. The molecule has 1 amide bonds. The van der Waals surface area contributed by atoms with Crippen LogP contribution >= 0.6 is 0 Å². The van der Waals surface area contributed by atoms with E-state index in [0.717, 1.165) is 11.1 Å². The van der Waals surface area contributed by atoms with Gasteiger partial charge in [-0.15, -0.1) is 0 Å². The van der Waals surface area contributed by atoms with Gasteiger partial charge in [-0.05, 0) is 33.6 Å². The number of piperidine rings is 1. The zero-order chi connectivity index (χ0) is 24.2. The molecule has 2 heterocycles. The van der Waals surface area contributed by atoms with E-state index in [-0.39, 0.29) is 25.5 Å². The molecule has 0 N–H and O–H groups in total. The molecule has 1 aliphatic heterocycles. The third kappa shape index (κ3) is 5.72. The number of methoxy groups -OCH3 is 2. The minimum absolute atomic E-state index is 0.0361. The number of para-hydroxylation sites is 1. The molecule has 0 unspecified atom stereocenters. The van der Waals surface area contributed by atoms with Crippen LogP contribution in [0.25, 0.3) is 10.9 Å². The Balaban J connectivity index is 1.92. The molecule has 0 radical (unpaired) electrons. The number of ether oxygens (including phenoxy) is 4. The van der Waals surface area contributed by atoms with Crippen LogP contribution in [0.4, 0.5) is 4.79 Å². The Morgan fingerprint density at radius 1 is 1.09 bits per heavy atom. The van der Waals surface area contributed by atoms with Crippen molar-refractivity contribution in [1.82, 2.24) is 9.47 Å². The van der Waals surface area contributed by atoms with Gasteiger partial charge in [-0.1, -0.05) is 18.2 Å². The fourth-order valence-electron chi connectivity index (χ4n) is 4.06. The number of nitrogens with zero attached hydrogens (tertiary/aromatic N) is 2. The summed E-state index contributed by atoms with van der Waals surface area (Å²) in [7, 11) is 2.74. The first-order valence-electron chi connectivity index (χ1n) is 11.0. The molecular weight excluding hydrogens is 428 g/mol. The van der Waals surface area contributed by atoms with E-state index >= 15 is 0 Å². The predicted molar refractivity (Wildman–Crippen MR) is 121 cm³/mol. The van der Waals surface area contributed by atoms with Crippen molar-refractivity contribution >= 4 is 28.7 Å². The minimum atomic E-state index is -0.908. The zero-order valence-electron chi connectivity index (χ0n) is 19.9. The molecule has 1 saturated heterocycles. The molecule has 0 bridgehead atoms. The molecule has 3 rings (SSSR count). The molecule has 0 saturated carbocycles. The topological polar surface area (TPSA) is 96.3 Å². The van der Waals surface area contributed by atoms with Gasteiger partial charge in [-0.2, -0.15) is 0 Å². The van der Waals surface area contributed by atoms with Crippen molar-refractivity contribution in [2.24, 2.45) is 0 Å². The van der Waals surface area contributed by atoms with E-state index in [4.69, 9.17) is 14.2 Å². The van der Waals surface area contributed by atoms with Crippen LogP contribution in [-0.4, -0.2) is 67.0 Å². The summed E-state index contributed by atoms with van der Waals surface area (Å²) in [5, 5.41) is 0.665. The first kappa shape index (κ1) is 24.7. The molecule has 2 aromatic rings. The Labute approximate surface area is 193 Å². The fraction of sp³-hybridized carbons (Fsp3) is 0.542. The maximum atomic E-state index is 12.7. The van der Waals surface area contributed by atoms with E-state index in [1.165, 1.54) is 7.11 Å². The highest BCUT2D eigenvalue weighted by Gasteiger charge is 2.30. The summed E-state index contributed by atoms with van der Waals surface area (Å²) < 4.78 is 22.7. The van der Waals surface area contributed by atoms with Crippen LogP contribution in [0, 0.1) is 0 Å². The van der Waals surface area contributed by atoms with Crippen LogP contribution in [0.15, 0.2) is 24.4 Å². The van der Waals surface area contributed by atoms with Gasteiger partial charge in [0.1, 0.15) is 12.4 Å². The standard InChI is InChI=1S/C24H32N2O7/c1-24(2,3)33-23(29)25-11-9-17(10-12-25)26-13-19(21(27)22(28)31-5)18-8-6-7-16(20(18)26)14-32-15-30-4/h6-8,13,17H,9-12,14-15H2,1-5H3. The molecule has 1 aromatic carbocycles. The Morgan fingerprint density at radius 2 is 1.79 bits per heavy atom. The third-order valence-corrected chi connectivity index (χ3v) is 5.52. The average molecular weight is 461 g/mol. The first-order valence-corrected chi connectivity index (χ1v) is 11.0. The summed E-state index contributed by atoms with van der Waals surface area (Å²) in [6.45, 7) is 7.02. The number of fused-ring (bicyclic) bond motifs is 1. The van der Waals surface area contributed by atoms with Crippen molar-refractivity contribution in [3.05, 3.63) is 35.5 Å². The van der Waals surface area contributed by atoms with Crippen LogP contribution in [0.2, 0.25) is 0 Å². The average Bonchev–Trinajstić information content (AvgIpc) is 3.17. The zero-order valence-corrected chi connectivity index (χ0v) is 19.9. The second-order valence-corrected chi connectivity index (χ2v) is 9.04. The third-order valence-electron chi connectivity index (χ3n) is 5.52. The van der Waals surface area contributed by atoms with Crippen molar-refractivity contribution in [2.45, 2.75) is 51.9 Å². The summed E-state index contributed by atoms with van der Waals surface area (Å²) in [6.07, 6.45) is 2.76. The van der Waals surface area contributed by atoms with Crippen LogP contribution < -0.4 is 0 Å². The van der Waals surface area contributed by atoms with Crippen molar-refractivity contribution in [3.8, 4) is 0 Å². The Hall–Kier alpha value is -2.91. The lowest BCUT2D eigenvalue weighted by molar-refractivity contribution is -0.135. The number of carbonyl (C=O) groups is 3. The van der Waals surface area contributed by atoms with Crippen LogP contribution in [0.3, 0.4) is 0 Å². The van der Waals surface area contributed by atoms with E-state index in [2.05, 4.69) is 4.74 Å². The van der Waals surface area contributed by atoms with E-state index < -0.39 is 17.4 Å². The van der Waals surface area contributed by atoms with Crippen LogP contribution in [-0.2, 0) is 30.3 Å². The summed E-state index contributed by atoms with van der Waals surface area (Å²) in [5.74, 6) is -1.60. The number of rotatable bonds is 7. The van der Waals surface area contributed by atoms with E-state index in [1.807, 2.05) is 43.5 Å². The number of hydrogen-bond acceptors (Lipinski definition) is 7. The molecule has 0 spiro atoms. The minimum Gasteiger partial charge on any atom is -0.463 e. The molecule has 0 atom stereocenters. The highest BCUT2D eigenvalue weighted by atomic mass is 16.7. The summed E-state index contributed by atoms with van der Waals surface area (Å²) in [5.41, 5.74) is 1.45. The summed E-state index contributed by atoms with van der Waals surface area (Å²) >= 11 is 0. The van der Waals surface area contributed by atoms with Crippen molar-refractivity contribution < 1.29 is 33.3 Å². The number of Topliss-reactive ketones (excluding diaryl/α,β-unsaturated/α-hetero) is 1. The normalized spacial score (nSPS) is 15.0. The Morgan fingerprint density at radius 3 is 2.39 bits per heavy atom. The number of aromatic nitrogens is 1. The lowest BCUT2D eigenvalue weighted by Gasteiger charge is -2.34. The van der Waals surface area contributed by atoms with Gasteiger partial charge in [-0.25, -0.2) is 9.59 Å². The van der Waals surface area contributed by atoms with Gasteiger partial charge in [0.2, 0.25) is 0 Å². The highest BCUT2D eigenvalue weighted by molar-refractivity contribution is 6.43. The predicted octanol–water partition coefficient (Wildman–Crippen LogP) is 3.69. The number of hydrogen-bond donors (Lipinski definition) is 0. The maximum absolute atomic E-state index is 12.7. The SMILES string of the molecule is COCOCc1cccc2c(C(=O)C(=O)OC)cn(C3CCN(C(=O)OC(C)(C)C)CC3)c12. The van der Waals surface area contributed by atoms with E-state index in [1.54, 1.807) is 18.2 Å². The Kier molecular flexibility index (Phi) is 7.76. The fourth-order valence-corrected chi connectivity index (χ4v) is 4.06. The molecule has 33 heavy (non-hydrogen) atoms. The number of benzene rings is 1. The highest BCUT2D eigenvalue weighted by Crippen LogP contribution is 2.33. The second kappa shape index (κ2) is 10.4. The number of ketones is 1. The smallest absolute Gasteiger partial charge is 0.410 e. The van der Waals surface area contributed by atoms with Crippen molar-refractivity contribution in [3.63, 3.8) is 0 Å². The maximum Gasteiger partial charge on any atom is 0.410 e. The van der Waals surface area contributed by atoms with Gasteiger partial charge in [0.25, 0.3) is 5.78 Å². The number of esters is 1. The van der Waals surface area contributed by atoms with Gasteiger partial charge in [0.05, 0.1) is 24.8 Å². The summed E-state index contributed by atoms with van der Waals surface area (Å²) in [4.78, 5) is 38.9. The monoisotopic (exact) mass is 460 g/mol. The molecule has 1 aliphatic rings. The number of carbonyl (C=O) groups excluding carboxylic acids is 3. The molecule has 180 valence electrons. The van der Waals surface area contributed by atoms with Crippen molar-refractivity contribution in [1.29, 1.82) is 0 Å². The van der Waals surface area contributed by atoms with Crippen LogP contribution in [0.5, 0.6) is 0 Å². The Bertz CT molecular complexity index is 1010. The number of amides is 1. The molecule has 0 aliphatic carbocycles. The lowest BCUT2D eigenvalue weighted by Crippen LogP contribution is -2.42. The molecule has 1 fully saturated rings. The quantitative estimate of drug-likeness (QED) is 0.204. The van der Waals surface area contributed by atoms with Gasteiger partial charge >= 0.3 is 12.1 Å². The van der Waals surface area contributed by atoms with Crippen molar-refractivity contribution in [2.75, 3.05) is 34.1 Å². The second-order valence-electron chi connectivity index (χ2n) is 9.04.